The summed E-state index contributed by atoms with van der Waals surface area (Å²) in [6.45, 7) is 4.27. The van der Waals surface area contributed by atoms with Crippen LogP contribution in [0.5, 0.6) is 5.75 Å². The van der Waals surface area contributed by atoms with Gasteiger partial charge in [-0.1, -0.05) is 42.5 Å². The first-order chi connectivity index (χ1) is 15.8. The Morgan fingerprint density at radius 2 is 1.88 bits per heavy atom. The molecule has 1 aliphatic heterocycles. The van der Waals surface area contributed by atoms with E-state index in [9.17, 15) is 9.90 Å². The molecule has 5 nitrogen and oxygen atoms in total. The predicted octanol–water partition coefficient (Wildman–Crippen LogP) is 5.24. The van der Waals surface area contributed by atoms with Crippen molar-refractivity contribution in [2.24, 2.45) is 0 Å². The smallest absolute Gasteiger partial charge is 0.338 e. The van der Waals surface area contributed by atoms with Crippen molar-refractivity contribution in [2.45, 2.75) is 44.9 Å². The zero-order valence-corrected chi connectivity index (χ0v) is 19.7. The fourth-order valence-corrected chi connectivity index (χ4v) is 4.72. The molecule has 33 heavy (non-hydrogen) atoms. The normalized spacial score (nSPS) is 15.4. The average molecular weight is 446 g/mol. The lowest BCUT2D eigenvalue weighted by atomic mass is 9.89. The Labute approximate surface area is 195 Å². The fourth-order valence-electron chi connectivity index (χ4n) is 4.72. The molecule has 1 N–H and O–H groups in total. The van der Waals surface area contributed by atoms with Crippen LogP contribution in [-0.4, -0.2) is 36.9 Å². The largest absolute Gasteiger partial charge is 0.497 e. The van der Waals surface area contributed by atoms with Crippen LogP contribution in [0, 0.1) is 0 Å². The van der Waals surface area contributed by atoms with Gasteiger partial charge < -0.3 is 19.5 Å². The van der Waals surface area contributed by atoms with Crippen LogP contribution >= 0.6 is 0 Å². The molecule has 0 aliphatic carbocycles. The zero-order valence-electron chi connectivity index (χ0n) is 19.7. The molecule has 0 radical (unpaired) electrons. The Morgan fingerprint density at radius 1 is 1.12 bits per heavy atom. The molecular weight excluding hydrogens is 414 g/mol. The first-order valence-electron chi connectivity index (χ1n) is 11.3. The lowest BCUT2D eigenvalue weighted by Gasteiger charge is -2.35. The summed E-state index contributed by atoms with van der Waals surface area (Å²) in [5.74, 6) is 0.515. The quantitative estimate of drug-likeness (QED) is 0.481. The van der Waals surface area contributed by atoms with Gasteiger partial charge in [-0.25, -0.2) is 4.79 Å². The van der Waals surface area contributed by atoms with Gasteiger partial charge in [-0.05, 0) is 55.7 Å². The molecule has 3 aromatic rings. The van der Waals surface area contributed by atoms with Crippen LogP contribution in [0.1, 0.15) is 41.8 Å². The Morgan fingerprint density at radius 3 is 2.61 bits per heavy atom. The zero-order chi connectivity index (χ0) is 23.6. The van der Waals surface area contributed by atoms with Crippen molar-refractivity contribution in [3.8, 4) is 16.9 Å². The molecule has 4 rings (SSSR count). The second-order valence-corrected chi connectivity index (χ2v) is 9.12. The van der Waals surface area contributed by atoms with Gasteiger partial charge in [0.25, 0.3) is 0 Å². The highest BCUT2D eigenvalue weighted by Crippen LogP contribution is 2.40. The summed E-state index contributed by atoms with van der Waals surface area (Å²) in [4.78, 5) is 14.4. The maximum absolute atomic E-state index is 12.2. The van der Waals surface area contributed by atoms with Crippen molar-refractivity contribution in [3.63, 3.8) is 0 Å². The number of ether oxygens (including phenoxy) is 2. The molecule has 0 amide bonds. The number of benzene rings is 3. The summed E-state index contributed by atoms with van der Waals surface area (Å²) in [6.07, 6.45) is 1.10. The molecule has 2 unspecified atom stereocenters. The molecule has 1 heterocycles. The molecule has 172 valence electrons. The van der Waals surface area contributed by atoms with Gasteiger partial charge in [0.1, 0.15) is 12.4 Å². The number of anilines is 1. The third-order valence-electron chi connectivity index (χ3n) is 6.42. The molecular formula is C28H31NO4. The van der Waals surface area contributed by atoms with Crippen molar-refractivity contribution < 1.29 is 19.4 Å². The van der Waals surface area contributed by atoms with Crippen molar-refractivity contribution in [1.29, 1.82) is 0 Å². The first-order valence-corrected chi connectivity index (χ1v) is 11.3. The highest BCUT2D eigenvalue weighted by Gasteiger charge is 2.30. The second kappa shape index (κ2) is 9.28. The number of carbonyl (C=O) groups excluding carboxylic acids is 1. The van der Waals surface area contributed by atoms with E-state index in [-0.39, 0.29) is 18.6 Å². The number of methoxy groups -OCH3 is 1. The minimum atomic E-state index is -0.900. The van der Waals surface area contributed by atoms with E-state index in [1.165, 1.54) is 0 Å². The van der Waals surface area contributed by atoms with Gasteiger partial charge in [0.2, 0.25) is 0 Å². The van der Waals surface area contributed by atoms with Gasteiger partial charge in [-0.15, -0.1) is 0 Å². The van der Waals surface area contributed by atoms with Crippen molar-refractivity contribution in [3.05, 3.63) is 83.4 Å². The SMILES string of the molecule is COc1cccc(CC(C)(O)CC(C)N(C)c2ccc3c(c2-c2ccccc2)COC3=O)c1. The minimum Gasteiger partial charge on any atom is -0.497 e. The Bertz CT molecular complexity index is 1140. The van der Waals surface area contributed by atoms with Crippen LogP contribution in [0.3, 0.4) is 0 Å². The lowest BCUT2D eigenvalue weighted by Crippen LogP contribution is -2.39. The molecule has 0 saturated heterocycles. The first kappa shape index (κ1) is 22.9. The molecule has 0 aromatic heterocycles. The monoisotopic (exact) mass is 445 g/mol. The van der Waals surface area contributed by atoms with Gasteiger partial charge in [-0.3, -0.25) is 0 Å². The number of carbonyl (C=O) groups is 1. The number of hydrogen-bond donors (Lipinski definition) is 1. The van der Waals surface area contributed by atoms with Gasteiger partial charge in [0.15, 0.2) is 0 Å². The van der Waals surface area contributed by atoms with E-state index in [1.807, 2.05) is 68.6 Å². The number of aliphatic hydroxyl groups is 1. The molecule has 2 atom stereocenters. The van der Waals surface area contributed by atoms with E-state index in [0.717, 1.165) is 33.7 Å². The summed E-state index contributed by atoms with van der Waals surface area (Å²) >= 11 is 0. The number of nitrogens with zero attached hydrogens (tertiary/aromatic N) is 1. The highest BCUT2D eigenvalue weighted by molar-refractivity contribution is 5.98. The van der Waals surface area contributed by atoms with E-state index >= 15 is 0 Å². The van der Waals surface area contributed by atoms with E-state index < -0.39 is 5.60 Å². The fraction of sp³-hybridized carbons (Fsp3) is 0.321. The minimum absolute atomic E-state index is 0.0455. The third kappa shape index (κ3) is 4.88. The van der Waals surface area contributed by atoms with Crippen LogP contribution in [0.15, 0.2) is 66.7 Å². The van der Waals surface area contributed by atoms with Crippen LogP contribution in [0.2, 0.25) is 0 Å². The van der Waals surface area contributed by atoms with Crippen molar-refractivity contribution in [2.75, 3.05) is 19.1 Å². The molecule has 0 fully saturated rings. The van der Waals surface area contributed by atoms with Gasteiger partial charge in [-0.2, -0.15) is 0 Å². The van der Waals surface area contributed by atoms with Crippen LogP contribution in [0.25, 0.3) is 11.1 Å². The third-order valence-corrected chi connectivity index (χ3v) is 6.42. The number of rotatable bonds is 8. The molecule has 0 bridgehead atoms. The number of hydrogen-bond acceptors (Lipinski definition) is 5. The standard InChI is InChI=1S/C28H31NO4/c1-19(16-28(2,31)17-20-9-8-12-22(15-20)32-4)29(3)25-14-13-23-24(18-33-27(23)30)26(25)21-10-6-5-7-11-21/h5-15,19,31H,16-18H2,1-4H3. The van der Waals surface area contributed by atoms with Gasteiger partial charge in [0.05, 0.1) is 18.3 Å². The Hall–Kier alpha value is -3.31. The number of cyclic esters (lactones) is 1. The molecule has 5 heteroatoms. The van der Waals surface area contributed by atoms with E-state index in [1.54, 1.807) is 7.11 Å². The molecule has 0 saturated carbocycles. The molecule has 0 spiro atoms. The Balaban J connectivity index is 1.61. The maximum Gasteiger partial charge on any atom is 0.338 e. The summed E-state index contributed by atoms with van der Waals surface area (Å²) in [5.41, 5.74) is 4.76. The van der Waals surface area contributed by atoms with E-state index in [2.05, 4.69) is 24.0 Å². The molecule has 1 aliphatic rings. The van der Waals surface area contributed by atoms with Crippen molar-refractivity contribution in [1.82, 2.24) is 0 Å². The van der Waals surface area contributed by atoms with Gasteiger partial charge >= 0.3 is 5.97 Å². The predicted molar refractivity (Wildman–Crippen MR) is 131 cm³/mol. The van der Waals surface area contributed by atoms with E-state index in [0.29, 0.717) is 18.4 Å². The summed E-state index contributed by atoms with van der Waals surface area (Å²) in [7, 11) is 3.69. The Kier molecular flexibility index (Phi) is 6.43. The summed E-state index contributed by atoms with van der Waals surface area (Å²) in [6, 6.07) is 21.8. The molecule has 3 aromatic carbocycles. The second-order valence-electron chi connectivity index (χ2n) is 9.12. The average Bonchev–Trinajstić information content (AvgIpc) is 3.18. The number of fused-ring (bicyclic) bond motifs is 1. The van der Waals surface area contributed by atoms with Crippen LogP contribution < -0.4 is 9.64 Å². The maximum atomic E-state index is 12.2. The van der Waals surface area contributed by atoms with Crippen LogP contribution in [0.4, 0.5) is 5.69 Å². The van der Waals surface area contributed by atoms with Gasteiger partial charge in [0, 0.05) is 36.3 Å². The lowest BCUT2D eigenvalue weighted by molar-refractivity contribution is 0.0454. The number of esters is 1. The van der Waals surface area contributed by atoms with E-state index in [4.69, 9.17) is 9.47 Å². The summed E-state index contributed by atoms with van der Waals surface area (Å²) in [5, 5.41) is 11.2. The highest BCUT2D eigenvalue weighted by atomic mass is 16.5. The topological polar surface area (TPSA) is 59.0 Å². The van der Waals surface area contributed by atoms with Crippen molar-refractivity contribution >= 4 is 11.7 Å². The van der Waals surface area contributed by atoms with Crippen LogP contribution in [-0.2, 0) is 17.8 Å². The summed E-state index contributed by atoms with van der Waals surface area (Å²) < 4.78 is 10.7.